The summed E-state index contributed by atoms with van der Waals surface area (Å²) in [5.74, 6) is 0. The summed E-state index contributed by atoms with van der Waals surface area (Å²) in [6, 6.07) is 18.7. The average molecular weight is 346 g/mol. The van der Waals surface area contributed by atoms with E-state index in [-0.39, 0.29) is 0 Å². The standard InChI is InChI=1S/C22H22N2S/c1-15-12-16(2)22(17(3)13-15)25-21-11-6-5-10-20(21)23-14-19-9-7-8-18(4)24-19/h5-14H,1-4H3/b23-14+. The molecule has 3 aromatic rings. The third-order valence-electron chi connectivity index (χ3n) is 3.93. The Hall–Kier alpha value is -2.39. The van der Waals surface area contributed by atoms with Gasteiger partial charge in [-0.1, -0.05) is 47.7 Å². The van der Waals surface area contributed by atoms with E-state index >= 15 is 0 Å². The van der Waals surface area contributed by atoms with Gasteiger partial charge in [0.05, 0.1) is 17.6 Å². The van der Waals surface area contributed by atoms with Crippen LogP contribution in [0.5, 0.6) is 0 Å². The number of aliphatic imine (C=N–C) groups is 1. The number of rotatable bonds is 4. The highest BCUT2D eigenvalue weighted by atomic mass is 32.2. The van der Waals surface area contributed by atoms with E-state index in [1.165, 1.54) is 21.6 Å². The maximum atomic E-state index is 4.68. The van der Waals surface area contributed by atoms with Gasteiger partial charge in [-0.05, 0) is 63.1 Å². The number of aromatic nitrogens is 1. The van der Waals surface area contributed by atoms with Gasteiger partial charge in [-0.15, -0.1) is 0 Å². The minimum atomic E-state index is 0.877. The molecule has 0 fully saturated rings. The Morgan fingerprint density at radius 2 is 1.60 bits per heavy atom. The Morgan fingerprint density at radius 3 is 2.32 bits per heavy atom. The molecule has 1 heterocycles. The number of pyridine rings is 1. The van der Waals surface area contributed by atoms with Gasteiger partial charge >= 0.3 is 0 Å². The third-order valence-corrected chi connectivity index (χ3v) is 5.34. The molecule has 3 heteroatoms. The molecule has 0 aliphatic rings. The topological polar surface area (TPSA) is 25.2 Å². The van der Waals surface area contributed by atoms with Gasteiger partial charge in [0.1, 0.15) is 0 Å². The molecule has 0 aliphatic carbocycles. The SMILES string of the molecule is Cc1cc(C)c(Sc2ccccc2/N=C/c2cccc(C)n2)c(C)c1. The van der Waals surface area contributed by atoms with Crippen LogP contribution in [-0.2, 0) is 0 Å². The fourth-order valence-electron chi connectivity index (χ4n) is 2.86. The number of hydrogen-bond acceptors (Lipinski definition) is 3. The van der Waals surface area contributed by atoms with Crippen LogP contribution in [0.25, 0.3) is 0 Å². The van der Waals surface area contributed by atoms with Crippen LogP contribution in [0.1, 0.15) is 28.1 Å². The molecular formula is C22H22N2S. The van der Waals surface area contributed by atoms with Crippen LogP contribution in [0.4, 0.5) is 5.69 Å². The van der Waals surface area contributed by atoms with Crippen LogP contribution < -0.4 is 0 Å². The van der Waals surface area contributed by atoms with Crippen LogP contribution in [0, 0.1) is 27.7 Å². The van der Waals surface area contributed by atoms with Crippen molar-refractivity contribution >= 4 is 23.7 Å². The summed E-state index contributed by atoms with van der Waals surface area (Å²) in [5, 5.41) is 0. The molecule has 0 amide bonds. The van der Waals surface area contributed by atoms with Gasteiger partial charge in [-0.2, -0.15) is 0 Å². The van der Waals surface area contributed by atoms with Crippen LogP contribution in [-0.4, -0.2) is 11.2 Å². The van der Waals surface area contributed by atoms with Gasteiger partial charge < -0.3 is 0 Å². The minimum absolute atomic E-state index is 0.877. The minimum Gasteiger partial charge on any atom is -0.253 e. The summed E-state index contributed by atoms with van der Waals surface area (Å²) < 4.78 is 0. The fraction of sp³-hybridized carbons (Fsp3) is 0.182. The van der Waals surface area contributed by atoms with Gasteiger partial charge in [-0.25, -0.2) is 0 Å². The Morgan fingerprint density at radius 1 is 0.880 bits per heavy atom. The Labute approximate surface area is 154 Å². The molecule has 0 radical (unpaired) electrons. The van der Waals surface area contributed by atoms with E-state index in [1.807, 2.05) is 43.5 Å². The Balaban J connectivity index is 1.92. The molecule has 0 bridgehead atoms. The number of para-hydroxylation sites is 1. The summed E-state index contributed by atoms with van der Waals surface area (Å²) in [7, 11) is 0. The first-order chi connectivity index (χ1) is 12.0. The lowest BCUT2D eigenvalue weighted by Gasteiger charge is -2.12. The average Bonchev–Trinajstić information content (AvgIpc) is 2.57. The third kappa shape index (κ3) is 4.37. The molecule has 2 aromatic carbocycles. The molecule has 0 aliphatic heterocycles. The molecule has 3 rings (SSSR count). The highest BCUT2D eigenvalue weighted by Crippen LogP contribution is 2.38. The molecule has 1 aromatic heterocycles. The monoisotopic (exact) mass is 346 g/mol. The Bertz CT molecular complexity index is 906. The molecule has 0 saturated heterocycles. The van der Waals surface area contributed by atoms with Crippen molar-refractivity contribution in [2.24, 2.45) is 4.99 Å². The normalized spacial score (nSPS) is 11.2. The smallest absolute Gasteiger partial charge is 0.0815 e. The van der Waals surface area contributed by atoms with Gasteiger partial charge in [0.2, 0.25) is 0 Å². The second-order valence-electron chi connectivity index (χ2n) is 6.26. The van der Waals surface area contributed by atoms with Crippen LogP contribution in [0.2, 0.25) is 0 Å². The quantitative estimate of drug-likeness (QED) is 0.524. The summed E-state index contributed by atoms with van der Waals surface area (Å²) in [5.41, 5.74) is 6.76. The van der Waals surface area contributed by atoms with Crippen molar-refractivity contribution in [2.75, 3.05) is 0 Å². The molecule has 0 unspecified atom stereocenters. The van der Waals surface area contributed by atoms with E-state index in [0.29, 0.717) is 0 Å². The number of aryl methyl sites for hydroxylation is 4. The van der Waals surface area contributed by atoms with E-state index in [2.05, 4.69) is 55.0 Å². The fourth-order valence-corrected chi connectivity index (χ4v) is 3.89. The van der Waals surface area contributed by atoms with E-state index in [4.69, 9.17) is 0 Å². The highest BCUT2D eigenvalue weighted by molar-refractivity contribution is 7.99. The van der Waals surface area contributed by atoms with Gasteiger partial charge in [0.15, 0.2) is 0 Å². The largest absolute Gasteiger partial charge is 0.253 e. The molecule has 0 atom stereocenters. The predicted octanol–water partition coefficient (Wildman–Crippen LogP) is 6.22. The number of hydrogen-bond donors (Lipinski definition) is 0. The van der Waals surface area contributed by atoms with E-state index < -0.39 is 0 Å². The zero-order chi connectivity index (χ0) is 17.8. The molecule has 25 heavy (non-hydrogen) atoms. The Kier molecular flexibility index (Phi) is 5.34. The number of nitrogens with zero attached hydrogens (tertiary/aromatic N) is 2. The molecule has 0 N–H and O–H groups in total. The lowest BCUT2D eigenvalue weighted by Crippen LogP contribution is -1.90. The molecule has 126 valence electrons. The van der Waals surface area contributed by atoms with E-state index in [1.54, 1.807) is 11.8 Å². The first-order valence-electron chi connectivity index (χ1n) is 8.35. The molecular weight excluding hydrogens is 324 g/mol. The summed E-state index contributed by atoms with van der Waals surface area (Å²) in [6.45, 7) is 8.47. The van der Waals surface area contributed by atoms with E-state index in [9.17, 15) is 0 Å². The summed E-state index contributed by atoms with van der Waals surface area (Å²) >= 11 is 1.78. The van der Waals surface area contributed by atoms with Crippen molar-refractivity contribution in [1.29, 1.82) is 0 Å². The van der Waals surface area contributed by atoms with Crippen LogP contribution >= 0.6 is 11.8 Å². The summed E-state index contributed by atoms with van der Waals surface area (Å²) in [4.78, 5) is 11.6. The lowest BCUT2D eigenvalue weighted by atomic mass is 10.1. The maximum absolute atomic E-state index is 4.68. The van der Waals surface area contributed by atoms with Gasteiger partial charge in [-0.3, -0.25) is 9.98 Å². The van der Waals surface area contributed by atoms with E-state index in [0.717, 1.165) is 22.0 Å². The highest BCUT2D eigenvalue weighted by Gasteiger charge is 2.09. The maximum Gasteiger partial charge on any atom is 0.0815 e. The first-order valence-corrected chi connectivity index (χ1v) is 9.17. The van der Waals surface area contributed by atoms with Crippen molar-refractivity contribution in [1.82, 2.24) is 4.98 Å². The van der Waals surface area contributed by atoms with Crippen LogP contribution in [0.3, 0.4) is 0 Å². The predicted molar refractivity (Wildman–Crippen MR) is 107 cm³/mol. The molecule has 0 spiro atoms. The zero-order valence-corrected chi connectivity index (χ0v) is 15.9. The first kappa shape index (κ1) is 17.4. The van der Waals surface area contributed by atoms with Crippen molar-refractivity contribution in [3.05, 3.63) is 82.7 Å². The van der Waals surface area contributed by atoms with Gasteiger partial charge in [0.25, 0.3) is 0 Å². The van der Waals surface area contributed by atoms with Crippen LogP contribution in [0.15, 0.2) is 69.4 Å². The second kappa shape index (κ2) is 7.66. The molecule has 2 nitrogen and oxygen atoms in total. The molecule has 0 saturated carbocycles. The van der Waals surface area contributed by atoms with Crippen molar-refractivity contribution in [3.63, 3.8) is 0 Å². The number of benzene rings is 2. The summed E-state index contributed by atoms with van der Waals surface area (Å²) in [6.07, 6.45) is 1.83. The second-order valence-corrected chi connectivity index (χ2v) is 7.31. The van der Waals surface area contributed by atoms with Gasteiger partial charge in [0, 0.05) is 15.5 Å². The van der Waals surface area contributed by atoms with Crippen molar-refractivity contribution in [3.8, 4) is 0 Å². The lowest BCUT2D eigenvalue weighted by molar-refractivity contribution is 1.18. The van der Waals surface area contributed by atoms with Crippen molar-refractivity contribution < 1.29 is 0 Å². The van der Waals surface area contributed by atoms with Crippen molar-refractivity contribution in [2.45, 2.75) is 37.5 Å². The zero-order valence-electron chi connectivity index (χ0n) is 15.1.